The van der Waals surface area contributed by atoms with E-state index in [-0.39, 0.29) is 5.78 Å². The van der Waals surface area contributed by atoms with Crippen LogP contribution in [0.1, 0.15) is 28.4 Å². The Hall–Kier alpha value is -1.19. The van der Waals surface area contributed by atoms with Gasteiger partial charge >= 0.3 is 0 Å². The van der Waals surface area contributed by atoms with Crippen molar-refractivity contribution in [3.05, 3.63) is 34.9 Å². The van der Waals surface area contributed by atoms with Crippen LogP contribution in [0.25, 0.3) is 0 Å². The van der Waals surface area contributed by atoms with Crippen LogP contribution in [-0.4, -0.2) is 54.9 Å². The fourth-order valence-electron chi connectivity index (χ4n) is 2.59. The van der Waals surface area contributed by atoms with Gasteiger partial charge in [0, 0.05) is 31.7 Å². The molecular formula is C16H24N2O. The van der Waals surface area contributed by atoms with E-state index in [1.54, 1.807) is 0 Å². The predicted molar refractivity (Wildman–Crippen MR) is 78.8 cm³/mol. The maximum atomic E-state index is 12.4. The molecule has 3 heteroatoms. The Morgan fingerprint density at radius 1 is 1.11 bits per heavy atom. The molecule has 0 amide bonds. The average molecular weight is 260 g/mol. The van der Waals surface area contributed by atoms with Crippen molar-refractivity contribution in [2.24, 2.45) is 0 Å². The van der Waals surface area contributed by atoms with Gasteiger partial charge in [-0.05, 0) is 32.0 Å². The number of aryl methyl sites for hydroxylation is 2. The van der Waals surface area contributed by atoms with Crippen molar-refractivity contribution >= 4 is 5.78 Å². The first-order valence-corrected chi connectivity index (χ1v) is 7.15. The molecular weight excluding hydrogens is 236 g/mol. The molecule has 0 aliphatic carbocycles. The minimum atomic E-state index is 0.256. The van der Waals surface area contributed by atoms with E-state index in [4.69, 9.17) is 0 Å². The summed E-state index contributed by atoms with van der Waals surface area (Å²) in [7, 11) is 0. The predicted octanol–water partition coefficient (Wildman–Crippen LogP) is 2.12. The van der Waals surface area contributed by atoms with Crippen molar-refractivity contribution < 1.29 is 4.79 Å². The summed E-state index contributed by atoms with van der Waals surface area (Å²) < 4.78 is 0. The van der Waals surface area contributed by atoms with Crippen LogP contribution in [0.5, 0.6) is 0 Å². The molecule has 1 heterocycles. The fourth-order valence-corrected chi connectivity index (χ4v) is 2.59. The zero-order chi connectivity index (χ0) is 13.8. The Bertz CT molecular complexity index is 448. The Balaban J connectivity index is 1.96. The topological polar surface area (TPSA) is 23.6 Å². The fraction of sp³-hybridized carbons (Fsp3) is 0.562. The average Bonchev–Trinajstić information content (AvgIpc) is 2.42. The molecule has 0 atom stereocenters. The Kier molecular flexibility index (Phi) is 4.72. The van der Waals surface area contributed by atoms with Gasteiger partial charge in [0.1, 0.15) is 0 Å². The summed E-state index contributed by atoms with van der Waals surface area (Å²) in [6.07, 6.45) is 0. The molecule has 0 spiro atoms. The SMILES string of the molecule is CCN1CCN(CC(=O)c2cc(C)ccc2C)CC1. The van der Waals surface area contributed by atoms with Crippen LogP contribution >= 0.6 is 0 Å². The van der Waals surface area contributed by atoms with E-state index in [2.05, 4.69) is 22.8 Å². The van der Waals surface area contributed by atoms with Crippen molar-refractivity contribution in [3.63, 3.8) is 0 Å². The summed E-state index contributed by atoms with van der Waals surface area (Å²) >= 11 is 0. The van der Waals surface area contributed by atoms with Crippen LogP contribution in [-0.2, 0) is 0 Å². The third-order valence-corrected chi connectivity index (χ3v) is 3.97. The quantitative estimate of drug-likeness (QED) is 0.775. The van der Waals surface area contributed by atoms with Crippen molar-refractivity contribution in [2.45, 2.75) is 20.8 Å². The van der Waals surface area contributed by atoms with Crippen molar-refractivity contribution in [1.29, 1.82) is 0 Å². The second kappa shape index (κ2) is 6.31. The second-order valence-corrected chi connectivity index (χ2v) is 5.45. The maximum absolute atomic E-state index is 12.4. The summed E-state index contributed by atoms with van der Waals surface area (Å²) in [5.74, 6) is 0.256. The zero-order valence-electron chi connectivity index (χ0n) is 12.3. The molecule has 0 bridgehead atoms. The van der Waals surface area contributed by atoms with E-state index in [1.165, 1.54) is 0 Å². The number of piperazine rings is 1. The van der Waals surface area contributed by atoms with Crippen molar-refractivity contribution in [3.8, 4) is 0 Å². The first-order valence-electron chi connectivity index (χ1n) is 7.15. The third kappa shape index (κ3) is 3.64. The molecule has 19 heavy (non-hydrogen) atoms. The molecule has 0 aromatic heterocycles. The van der Waals surface area contributed by atoms with Gasteiger partial charge in [0.25, 0.3) is 0 Å². The van der Waals surface area contributed by atoms with Gasteiger partial charge in [-0.15, -0.1) is 0 Å². The molecule has 2 rings (SSSR count). The maximum Gasteiger partial charge on any atom is 0.177 e. The van der Waals surface area contributed by atoms with Crippen LogP contribution in [0.15, 0.2) is 18.2 Å². The molecule has 1 saturated heterocycles. The minimum absolute atomic E-state index is 0.256. The number of carbonyl (C=O) groups excluding carboxylic acids is 1. The Labute approximate surface area is 116 Å². The van der Waals surface area contributed by atoms with Gasteiger partial charge in [0.2, 0.25) is 0 Å². The summed E-state index contributed by atoms with van der Waals surface area (Å²) in [6.45, 7) is 12.1. The lowest BCUT2D eigenvalue weighted by atomic mass is 10.0. The van der Waals surface area contributed by atoms with Crippen molar-refractivity contribution in [2.75, 3.05) is 39.3 Å². The molecule has 1 aliphatic rings. The Morgan fingerprint density at radius 3 is 2.37 bits per heavy atom. The summed E-state index contributed by atoms with van der Waals surface area (Å²) in [5.41, 5.74) is 3.13. The molecule has 1 fully saturated rings. The van der Waals surface area contributed by atoms with Gasteiger partial charge in [-0.2, -0.15) is 0 Å². The molecule has 0 radical (unpaired) electrons. The highest BCUT2D eigenvalue weighted by molar-refractivity contribution is 5.99. The largest absolute Gasteiger partial charge is 0.301 e. The highest BCUT2D eigenvalue weighted by Gasteiger charge is 2.19. The summed E-state index contributed by atoms with van der Waals surface area (Å²) in [5, 5.41) is 0. The van der Waals surface area contributed by atoms with Gasteiger partial charge in [0.05, 0.1) is 6.54 Å². The number of likely N-dealkylation sites (N-methyl/N-ethyl adjacent to an activating group) is 1. The number of Topliss-reactive ketones (excluding diaryl/α,β-unsaturated/α-hetero) is 1. The monoisotopic (exact) mass is 260 g/mol. The number of rotatable bonds is 4. The summed E-state index contributed by atoms with van der Waals surface area (Å²) in [4.78, 5) is 17.1. The van der Waals surface area contributed by atoms with Crippen LogP contribution in [0.3, 0.4) is 0 Å². The van der Waals surface area contributed by atoms with Gasteiger partial charge in [-0.3, -0.25) is 9.69 Å². The number of carbonyl (C=O) groups is 1. The Morgan fingerprint density at radius 2 is 1.74 bits per heavy atom. The standard InChI is InChI=1S/C16H24N2O/c1-4-17-7-9-18(10-8-17)12-16(19)15-11-13(2)5-6-14(15)3/h5-6,11H,4,7-10,12H2,1-3H3. The van der Waals surface area contributed by atoms with E-state index in [0.717, 1.165) is 49.4 Å². The van der Waals surface area contributed by atoms with E-state index < -0.39 is 0 Å². The molecule has 1 aromatic rings. The number of hydrogen-bond acceptors (Lipinski definition) is 3. The van der Waals surface area contributed by atoms with Gasteiger partial charge in [0.15, 0.2) is 5.78 Å². The minimum Gasteiger partial charge on any atom is -0.301 e. The first kappa shape index (κ1) is 14.2. The molecule has 0 N–H and O–H groups in total. The molecule has 1 aromatic carbocycles. The number of benzene rings is 1. The molecule has 0 unspecified atom stereocenters. The second-order valence-electron chi connectivity index (χ2n) is 5.45. The highest BCUT2D eigenvalue weighted by Crippen LogP contribution is 2.12. The van der Waals surface area contributed by atoms with Crippen LogP contribution in [0, 0.1) is 13.8 Å². The van der Waals surface area contributed by atoms with E-state index in [1.807, 2.05) is 26.0 Å². The van der Waals surface area contributed by atoms with Crippen LogP contribution < -0.4 is 0 Å². The van der Waals surface area contributed by atoms with Gasteiger partial charge in [-0.25, -0.2) is 0 Å². The number of ketones is 1. The molecule has 0 saturated carbocycles. The normalized spacial score (nSPS) is 17.6. The third-order valence-electron chi connectivity index (χ3n) is 3.97. The molecule has 3 nitrogen and oxygen atoms in total. The van der Waals surface area contributed by atoms with Crippen LogP contribution in [0.4, 0.5) is 0 Å². The van der Waals surface area contributed by atoms with E-state index in [9.17, 15) is 4.79 Å². The van der Waals surface area contributed by atoms with Crippen molar-refractivity contribution in [1.82, 2.24) is 9.80 Å². The summed E-state index contributed by atoms with van der Waals surface area (Å²) in [6, 6.07) is 6.11. The first-order chi connectivity index (χ1) is 9.10. The lowest BCUT2D eigenvalue weighted by Crippen LogP contribution is -2.47. The van der Waals surface area contributed by atoms with Gasteiger partial charge in [-0.1, -0.05) is 24.6 Å². The smallest absolute Gasteiger partial charge is 0.177 e. The lowest BCUT2D eigenvalue weighted by Gasteiger charge is -2.33. The molecule has 1 aliphatic heterocycles. The van der Waals surface area contributed by atoms with Crippen LogP contribution in [0.2, 0.25) is 0 Å². The number of nitrogens with zero attached hydrogens (tertiary/aromatic N) is 2. The van der Waals surface area contributed by atoms with Gasteiger partial charge < -0.3 is 4.90 Å². The lowest BCUT2D eigenvalue weighted by molar-refractivity contribution is 0.0858. The van der Waals surface area contributed by atoms with E-state index >= 15 is 0 Å². The zero-order valence-corrected chi connectivity index (χ0v) is 12.3. The highest BCUT2D eigenvalue weighted by atomic mass is 16.1. The number of hydrogen-bond donors (Lipinski definition) is 0. The molecule has 104 valence electrons. The van der Waals surface area contributed by atoms with E-state index in [0.29, 0.717) is 6.54 Å².